The van der Waals surface area contributed by atoms with Gasteiger partial charge in [-0.2, -0.15) is 0 Å². The van der Waals surface area contributed by atoms with E-state index in [-0.39, 0.29) is 0 Å². The lowest BCUT2D eigenvalue weighted by Gasteiger charge is -2.23. The molecule has 0 heterocycles. The van der Waals surface area contributed by atoms with Crippen LogP contribution in [0.25, 0.3) is 21.5 Å². The molecule has 0 unspecified atom stereocenters. The third kappa shape index (κ3) is 3.12. The van der Waals surface area contributed by atoms with Crippen molar-refractivity contribution in [2.45, 2.75) is 5.33 Å². The number of rotatable bonds is 4. The minimum absolute atomic E-state index is 0.778. The Balaban J connectivity index is 1.90. The average molecular weight is 471 g/mol. The molecule has 0 saturated carbocycles. The van der Waals surface area contributed by atoms with Crippen molar-refractivity contribution in [2.24, 2.45) is 0 Å². The molecule has 146 valence electrons. The molecule has 30 heavy (non-hydrogen) atoms. The molecule has 0 saturated heterocycles. The number of hydrogen-bond donors (Lipinski definition) is 0. The predicted octanol–water partition coefficient (Wildman–Crippen LogP) is 6.53. The standard InChI is InChI=1S/C27H20BrOP/c28-19-20-15-17-23(18-16-20)30(29,26-13-5-9-21-7-1-3-11-24(21)26)27-14-6-10-22-8-2-4-12-25(22)27/h1-18H,19H2. The fourth-order valence-electron chi connectivity index (χ4n) is 4.17. The maximum atomic E-state index is 15.2. The van der Waals surface area contributed by atoms with Gasteiger partial charge >= 0.3 is 0 Å². The fraction of sp³-hybridized carbons (Fsp3) is 0.0370. The topological polar surface area (TPSA) is 17.1 Å². The predicted molar refractivity (Wildman–Crippen MR) is 133 cm³/mol. The molecule has 5 rings (SSSR count). The molecule has 3 heteroatoms. The van der Waals surface area contributed by atoms with Crippen molar-refractivity contribution >= 4 is 60.5 Å². The van der Waals surface area contributed by atoms with Crippen LogP contribution in [0.5, 0.6) is 0 Å². The minimum atomic E-state index is -3.11. The molecule has 0 aliphatic heterocycles. The monoisotopic (exact) mass is 470 g/mol. The summed E-state index contributed by atoms with van der Waals surface area (Å²) in [7, 11) is -3.11. The zero-order valence-electron chi connectivity index (χ0n) is 16.3. The second-order valence-electron chi connectivity index (χ2n) is 7.41. The summed E-state index contributed by atoms with van der Waals surface area (Å²) < 4.78 is 15.2. The van der Waals surface area contributed by atoms with Gasteiger partial charge in [-0.1, -0.05) is 125 Å². The number of fused-ring (bicyclic) bond motifs is 2. The fourth-order valence-corrected chi connectivity index (χ4v) is 7.61. The largest absolute Gasteiger partial charge is 0.309 e. The van der Waals surface area contributed by atoms with Gasteiger partial charge in [-0.05, 0) is 27.1 Å². The SMILES string of the molecule is O=P(c1ccc(CBr)cc1)(c1cccc2ccccc12)c1cccc2ccccc12. The second-order valence-corrected chi connectivity index (χ2v) is 10.7. The summed E-state index contributed by atoms with van der Waals surface area (Å²) in [6.45, 7) is 0. The van der Waals surface area contributed by atoms with Gasteiger partial charge in [0.15, 0.2) is 7.14 Å². The second kappa shape index (κ2) is 7.87. The number of benzene rings is 5. The van der Waals surface area contributed by atoms with Gasteiger partial charge in [0.1, 0.15) is 0 Å². The molecule has 0 aliphatic rings. The first-order valence-corrected chi connectivity index (χ1v) is 12.8. The van der Waals surface area contributed by atoms with Crippen molar-refractivity contribution in [2.75, 3.05) is 0 Å². The van der Waals surface area contributed by atoms with E-state index in [1.165, 1.54) is 5.56 Å². The van der Waals surface area contributed by atoms with E-state index in [0.29, 0.717) is 0 Å². The van der Waals surface area contributed by atoms with Crippen molar-refractivity contribution in [3.63, 3.8) is 0 Å². The first kappa shape index (κ1) is 19.3. The molecule has 0 amide bonds. The van der Waals surface area contributed by atoms with Gasteiger partial charge in [-0.3, -0.25) is 0 Å². The van der Waals surface area contributed by atoms with E-state index in [0.717, 1.165) is 42.8 Å². The van der Waals surface area contributed by atoms with Crippen LogP contribution in [-0.4, -0.2) is 0 Å². The van der Waals surface area contributed by atoms with Crippen molar-refractivity contribution in [1.29, 1.82) is 0 Å². The summed E-state index contributed by atoms with van der Waals surface area (Å²) in [4.78, 5) is 0. The van der Waals surface area contributed by atoms with Crippen LogP contribution < -0.4 is 15.9 Å². The molecule has 0 radical (unpaired) electrons. The molecule has 5 aromatic rings. The van der Waals surface area contributed by atoms with Gasteiger partial charge < -0.3 is 4.57 Å². The van der Waals surface area contributed by atoms with Crippen LogP contribution in [0, 0.1) is 0 Å². The number of halogens is 1. The Morgan fingerprint density at radius 2 is 1.03 bits per heavy atom. The molecule has 1 nitrogen and oxygen atoms in total. The van der Waals surface area contributed by atoms with Crippen molar-refractivity contribution < 1.29 is 4.57 Å². The van der Waals surface area contributed by atoms with E-state index in [1.54, 1.807) is 0 Å². The third-order valence-corrected chi connectivity index (χ3v) is 9.48. The van der Waals surface area contributed by atoms with Gasteiger partial charge in [0.05, 0.1) is 0 Å². The molecule has 0 spiro atoms. The van der Waals surface area contributed by atoms with Crippen LogP contribution in [0.2, 0.25) is 0 Å². The normalized spacial score (nSPS) is 11.8. The van der Waals surface area contributed by atoms with Crippen LogP contribution in [0.15, 0.2) is 109 Å². The number of alkyl halides is 1. The molecule has 0 atom stereocenters. The molecule has 0 bridgehead atoms. The van der Waals surface area contributed by atoms with Crippen LogP contribution >= 0.6 is 23.1 Å². The lowest BCUT2D eigenvalue weighted by atomic mass is 10.1. The summed E-state index contributed by atoms with van der Waals surface area (Å²) in [6.07, 6.45) is 0. The Kier molecular flexibility index (Phi) is 5.06. The smallest absolute Gasteiger partial charge is 0.172 e. The Labute approximate surface area is 184 Å². The summed E-state index contributed by atoms with van der Waals surface area (Å²) in [5.41, 5.74) is 1.17. The highest BCUT2D eigenvalue weighted by Gasteiger charge is 2.32. The van der Waals surface area contributed by atoms with Crippen LogP contribution in [-0.2, 0) is 9.90 Å². The van der Waals surface area contributed by atoms with Gasteiger partial charge in [-0.15, -0.1) is 0 Å². The van der Waals surface area contributed by atoms with E-state index in [1.807, 2.05) is 60.7 Å². The van der Waals surface area contributed by atoms with Crippen LogP contribution in [0.1, 0.15) is 5.56 Å². The Morgan fingerprint density at radius 1 is 0.567 bits per heavy atom. The molecule has 0 N–H and O–H groups in total. The Bertz CT molecular complexity index is 1310. The zero-order valence-corrected chi connectivity index (χ0v) is 18.8. The highest BCUT2D eigenvalue weighted by molar-refractivity contribution is 9.08. The molecule has 5 aromatic carbocycles. The van der Waals surface area contributed by atoms with Gasteiger partial charge in [-0.25, -0.2) is 0 Å². The van der Waals surface area contributed by atoms with Gasteiger partial charge in [0, 0.05) is 21.2 Å². The lowest BCUT2D eigenvalue weighted by molar-refractivity contribution is 0.593. The van der Waals surface area contributed by atoms with E-state index in [4.69, 9.17) is 0 Å². The van der Waals surface area contributed by atoms with E-state index >= 15 is 4.57 Å². The Hall–Kier alpha value is -2.67. The van der Waals surface area contributed by atoms with E-state index in [2.05, 4.69) is 64.5 Å². The first-order valence-electron chi connectivity index (χ1n) is 9.94. The quantitative estimate of drug-likeness (QED) is 0.215. The van der Waals surface area contributed by atoms with Crippen LogP contribution in [0.3, 0.4) is 0 Å². The lowest BCUT2D eigenvalue weighted by Crippen LogP contribution is -2.26. The van der Waals surface area contributed by atoms with Crippen molar-refractivity contribution in [3.8, 4) is 0 Å². The maximum absolute atomic E-state index is 15.2. The molecular weight excluding hydrogens is 451 g/mol. The molecule has 0 fully saturated rings. The summed E-state index contributed by atoms with van der Waals surface area (Å²) in [5.74, 6) is 0. The summed E-state index contributed by atoms with van der Waals surface area (Å²) >= 11 is 3.52. The van der Waals surface area contributed by atoms with Gasteiger partial charge in [0.25, 0.3) is 0 Å². The first-order chi connectivity index (χ1) is 14.7. The zero-order chi connectivity index (χ0) is 20.6. The Morgan fingerprint density at radius 3 is 1.53 bits per heavy atom. The van der Waals surface area contributed by atoms with Crippen molar-refractivity contribution in [3.05, 3.63) is 115 Å². The van der Waals surface area contributed by atoms with Crippen molar-refractivity contribution in [1.82, 2.24) is 0 Å². The molecule has 0 aromatic heterocycles. The average Bonchev–Trinajstić information content (AvgIpc) is 2.83. The highest BCUT2D eigenvalue weighted by Crippen LogP contribution is 2.46. The summed E-state index contributed by atoms with van der Waals surface area (Å²) in [5, 5.41) is 7.72. The van der Waals surface area contributed by atoms with Crippen LogP contribution in [0.4, 0.5) is 0 Å². The number of hydrogen-bond acceptors (Lipinski definition) is 1. The highest BCUT2D eigenvalue weighted by atomic mass is 79.9. The third-order valence-electron chi connectivity index (χ3n) is 5.67. The van der Waals surface area contributed by atoms with E-state index < -0.39 is 7.14 Å². The van der Waals surface area contributed by atoms with E-state index in [9.17, 15) is 0 Å². The minimum Gasteiger partial charge on any atom is -0.309 e. The summed E-state index contributed by atoms with van der Waals surface area (Å²) in [6, 6.07) is 36.9. The molecule has 0 aliphatic carbocycles. The van der Waals surface area contributed by atoms with Gasteiger partial charge in [0.2, 0.25) is 0 Å². The maximum Gasteiger partial charge on any atom is 0.172 e. The molecular formula is C27H20BrOP.